The summed E-state index contributed by atoms with van der Waals surface area (Å²) >= 11 is 0. The largest absolute Gasteiger partial charge is 2.00 e. The van der Waals surface area contributed by atoms with Crippen LogP contribution in [0, 0.1) is 13.0 Å². The summed E-state index contributed by atoms with van der Waals surface area (Å²) < 4.78 is 23.5. The van der Waals surface area contributed by atoms with Crippen LogP contribution in [0.25, 0.3) is 0 Å². The van der Waals surface area contributed by atoms with E-state index in [4.69, 9.17) is 18.9 Å². The summed E-state index contributed by atoms with van der Waals surface area (Å²) in [5.41, 5.74) is 4.38. The SMILES string of the molecule is C=C[CH2-].CC1(C)OCCO1.[C-]1=CC=C(OC(c2ccccc2)c2ccccc2)[C@H]1OC(c1ccccc1)c1ccccc1.[Ti+2]. The molecular formula is C39H40O4Ti. The van der Waals surface area contributed by atoms with Gasteiger partial charge in [-0.2, -0.15) is 6.08 Å². The number of benzene rings is 4. The van der Waals surface area contributed by atoms with Gasteiger partial charge in [-0.15, -0.1) is 0 Å². The Hall–Kier alpha value is -3.64. The van der Waals surface area contributed by atoms with E-state index in [9.17, 15) is 0 Å². The van der Waals surface area contributed by atoms with Crippen LogP contribution in [0.4, 0.5) is 0 Å². The van der Waals surface area contributed by atoms with Crippen LogP contribution >= 0.6 is 0 Å². The first kappa shape index (κ1) is 34.8. The number of hydrogen-bond acceptors (Lipinski definition) is 4. The molecule has 1 saturated heterocycles. The Bertz CT molecular complexity index is 1330. The van der Waals surface area contributed by atoms with E-state index in [0.717, 1.165) is 41.2 Å². The third kappa shape index (κ3) is 10.5. The van der Waals surface area contributed by atoms with Crippen molar-refractivity contribution in [2.75, 3.05) is 13.2 Å². The third-order valence-corrected chi connectivity index (χ3v) is 6.67. The van der Waals surface area contributed by atoms with Gasteiger partial charge in [0.1, 0.15) is 12.2 Å². The molecule has 1 atom stereocenters. The fraction of sp³-hybridized carbons (Fsp3) is 0.205. The molecule has 5 heteroatoms. The molecule has 0 amide bonds. The zero-order valence-electron chi connectivity index (χ0n) is 25.5. The topological polar surface area (TPSA) is 36.9 Å². The summed E-state index contributed by atoms with van der Waals surface area (Å²) in [6, 6.07) is 41.1. The molecule has 224 valence electrons. The normalized spacial score (nSPS) is 16.1. The second-order valence-electron chi connectivity index (χ2n) is 10.3. The zero-order chi connectivity index (χ0) is 30.3. The van der Waals surface area contributed by atoms with Crippen molar-refractivity contribution in [2.45, 2.75) is 37.9 Å². The van der Waals surface area contributed by atoms with Gasteiger partial charge in [0, 0.05) is 11.9 Å². The standard InChI is InChI=1S/C31H25O2.C5H10O2.C3H5.Ti/c1-5-14-24(15-6-1)30(25-16-7-2-8-17-25)32-28-22-13-23-29(28)33-31(26-18-9-3-10-19-26)27-20-11-4-12-21-27;1-5(2)6-3-4-7-5;1-3-2;/h1-22,29-31H;3-4H2,1-2H3;3H,1-2H2;/q-1;;-1;+2/t29-;;;/m0.../s1. The molecule has 4 nitrogen and oxygen atoms in total. The van der Waals surface area contributed by atoms with Crippen molar-refractivity contribution in [1.29, 1.82) is 0 Å². The molecule has 4 aromatic carbocycles. The predicted molar refractivity (Wildman–Crippen MR) is 173 cm³/mol. The molecule has 44 heavy (non-hydrogen) atoms. The molecule has 0 aromatic heterocycles. The second kappa shape index (κ2) is 18.2. The average molecular weight is 621 g/mol. The Balaban J connectivity index is 0.000000414. The number of allylic oxidation sites excluding steroid dienone is 3. The third-order valence-electron chi connectivity index (χ3n) is 6.67. The van der Waals surface area contributed by atoms with Crippen molar-refractivity contribution < 1.29 is 40.7 Å². The maximum atomic E-state index is 6.63. The molecule has 6 rings (SSSR count). The molecule has 1 fully saturated rings. The Morgan fingerprint density at radius 2 is 1.09 bits per heavy atom. The smallest absolute Gasteiger partial charge is 0.503 e. The molecule has 0 radical (unpaired) electrons. The molecule has 2 aliphatic rings. The van der Waals surface area contributed by atoms with E-state index in [0.29, 0.717) is 0 Å². The first-order chi connectivity index (χ1) is 21.0. The average Bonchev–Trinajstić information content (AvgIpc) is 3.68. The minimum atomic E-state index is -0.398. The summed E-state index contributed by atoms with van der Waals surface area (Å²) in [5.74, 6) is 0.449. The van der Waals surface area contributed by atoms with Crippen LogP contribution in [0.3, 0.4) is 0 Å². The van der Waals surface area contributed by atoms with Crippen molar-refractivity contribution >= 4 is 0 Å². The minimum absolute atomic E-state index is 0. The fourth-order valence-corrected chi connectivity index (χ4v) is 4.67. The molecule has 0 bridgehead atoms. The second-order valence-corrected chi connectivity index (χ2v) is 10.3. The summed E-state index contributed by atoms with van der Waals surface area (Å²) in [6.07, 6.45) is 7.81. The van der Waals surface area contributed by atoms with Gasteiger partial charge in [-0.1, -0.05) is 121 Å². The van der Waals surface area contributed by atoms with Gasteiger partial charge in [0.2, 0.25) is 0 Å². The van der Waals surface area contributed by atoms with Gasteiger partial charge in [0.25, 0.3) is 0 Å². The Morgan fingerprint density at radius 1 is 0.727 bits per heavy atom. The summed E-state index contributed by atoms with van der Waals surface area (Å²) in [7, 11) is 0. The van der Waals surface area contributed by atoms with Crippen LogP contribution in [0.2, 0.25) is 0 Å². The molecule has 1 aliphatic heterocycles. The number of rotatable bonds is 8. The van der Waals surface area contributed by atoms with Crippen LogP contribution in [-0.4, -0.2) is 25.1 Å². The molecule has 1 aliphatic carbocycles. The van der Waals surface area contributed by atoms with Gasteiger partial charge in [-0.25, -0.2) is 31.7 Å². The maximum Gasteiger partial charge on any atom is 2.00 e. The van der Waals surface area contributed by atoms with Gasteiger partial charge in [0.15, 0.2) is 5.79 Å². The fourth-order valence-electron chi connectivity index (χ4n) is 4.67. The van der Waals surface area contributed by atoms with Crippen molar-refractivity contribution in [1.82, 2.24) is 0 Å². The van der Waals surface area contributed by atoms with E-state index in [-0.39, 0.29) is 39.7 Å². The molecule has 4 aromatic rings. The van der Waals surface area contributed by atoms with Gasteiger partial charge < -0.3 is 18.9 Å². The van der Waals surface area contributed by atoms with E-state index < -0.39 is 6.10 Å². The van der Waals surface area contributed by atoms with Crippen molar-refractivity contribution in [2.24, 2.45) is 0 Å². The minimum Gasteiger partial charge on any atom is -0.503 e. The Morgan fingerprint density at radius 3 is 1.43 bits per heavy atom. The molecule has 0 N–H and O–H groups in total. The van der Waals surface area contributed by atoms with E-state index >= 15 is 0 Å². The van der Waals surface area contributed by atoms with Crippen LogP contribution in [0.1, 0.15) is 48.3 Å². The molecule has 0 saturated carbocycles. The summed E-state index contributed by atoms with van der Waals surface area (Å²) in [4.78, 5) is 0. The van der Waals surface area contributed by atoms with Crippen LogP contribution in [0.5, 0.6) is 0 Å². The van der Waals surface area contributed by atoms with Crippen LogP contribution < -0.4 is 0 Å². The monoisotopic (exact) mass is 620 g/mol. The van der Waals surface area contributed by atoms with E-state index in [1.54, 1.807) is 0 Å². The van der Waals surface area contributed by atoms with Gasteiger partial charge in [-0.05, 0) is 36.1 Å². The number of hydrogen-bond donors (Lipinski definition) is 0. The van der Waals surface area contributed by atoms with Gasteiger partial charge >= 0.3 is 21.7 Å². The van der Waals surface area contributed by atoms with Crippen LogP contribution in [-0.2, 0) is 40.7 Å². The van der Waals surface area contributed by atoms with Crippen molar-refractivity contribution in [3.8, 4) is 0 Å². The van der Waals surface area contributed by atoms with Crippen LogP contribution in [0.15, 0.2) is 152 Å². The maximum absolute atomic E-state index is 6.63. The van der Waals surface area contributed by atoms with Gasteiger partial charge in [-0.3, -0.25) is 0 Å². The van der Waals surface area contributed by atoms with E-state index in [1.807, 2.05) is 98.8 Å². The number of ether oxygens (including phenoxy) is 4. The van der Waals surface area contributed by atoms with Gasteiger partial charge in [0.05, 0.1) is 13.2 Å². The summed E-state index contributed by atoms with van der Waals surface area (Å²) in [5, 5.41) is 0. The first-order valence-corrected chi connectivity index (χ1v) is 14.5. The Kier molecular flexibility index (Phi) is 14.4. The molecule has 0 spiro atoms. The quantitative estimate of drug-likeness (QED) is 0.146. The molecular weight excluding hydrogens is 580 g/mol. The molecule has 1 heterocycles. The molecule has 0 unspecified atom stereocenters. The van der Waals surface area contributed by atoms with E-state index in [1.165, 1.54) is 6.08 Å². The predicted octanol–water partition coefficient (Wildman–Crippen LogP) is 9.00. The van der Waals surface area contributed by atoms with Crippen molar-refractivity contribution in [3.63, 3.8) is 0 Å². The van der Waals surface area contributed by atoms with E-state index in [2.05, 4.69) is 68.1 Å². The zero-order valence-corrected chi connectivity index (χ0v) is 27.0. The first-order valence-electron chi connectivity index (χ1n) is 14.5. The summed E-state index contributed by atoms with van der Waals surface area (Å²) in [6.45, 7) is 11.8. The Labute approximate surface area is 277 Å². The van der Waals surface area contributed by atoms with Crippen molar-refractivity contribution in [3.05, 3.63) is 187 Å².